The van der Waals surface area contributed by atoms with E-state index in [0.29, 0.717) is 32.9 Å². The fourth-order valence-electron chi connectivity index (χ4n) is 5.49. The van der Waals surface area contributed by atoms with E-state index in [9.17, 15) is 13.2 Å². The first kappa shape index (κ1) is 30.8. The van der Waals surface area contributed by atoms with E-state index in [0.717, 1.165) is 54.9 Å². The maximum Gasteiger partial charge on any atom is 0.286 e. The van der Waals surface area contributed by atoms with Gasteiger partial charge in [-0.3, -0.25) is 10.2 Å². The van der Waals surface area contributed by atoms with Crippen LogP contribution in [0.1, 0.15) is 65.9 Å². The summed E-state index contributed by atoms with van der Waals surface area (Å²) < 4.78 is 30.5. The molecule has 1 saturated heterocycles. The number of nitrogens with one attached hydrogen (secondary N) is 3. The topological polar surface area (TPSA) is 125 Å². The Balaban J connectivity index is 1.46. The van der Waals surface area contributed by atoms with Crippen LogP contribution in [0.2, 0.25) is 10.0 Å². The summed E-state index contributed by atoms with van der Waals surface area (Å²) in [5, 5.41) is 7.32. The van der Waals surface area contributed by atoms with Crippen molar-refractivity contribution in [3.63, 3.8) is 0 Å². The molecule has 0 bridgehead atoms. The molecule has 4 aromatic rings. The highest BCUT2D eigenvalue weighted by Crippen LogP contribution is 2.37. The van der Waals surface area contributed by atoms with E-state index in [1.165, 1.54) is 36.7 Å². The van der Waals surface area contributed by atoms with Crippen LogP contribution in [-0.4, -0.2) is 52.2 Å². The number of nitrogens with zero attached hydrogens (tertiary/aromatic N) is 4. The first-order valence-electron chi connectivity index (χ1n) is 14.5. The molecule has 0 atom stereocenters. The summed E-state index contributed by atoms with van der Waals surface area (Å²) in [5.74, 6) is 6.68. The number of sulfonamides is 1. The van der Waals surface area contributed by atoms with Crippen molar-refractivity contribution >= 4 is 50.5 Å². The van der Waals surface area contributed by atoms with Crippen LogP contribution < -0.4 is 10.1 Å². The highest BCUT2D eigenvalue weighted by atomic mass is 35.5. The quantitative estimate of drug-likeness (QED) is 0.204. The van der Waals surface area contributed by atoms with Crippen molar-refractivity contribution in [1.29, 1.82) is 0 Å². The van der Waals surface area contributed by atoms with Crippen LogP contribution >= 0.6 is 34.5 Å². The molecule has 3 N–H and O–H groups in total. The summed E-state index contributed by atoms with van der Waals surface area (Å²) in [6.45, 7) is 1.22. The molecule has 1 saturated carbocycles. The normalized spacial score (nSPS) is 16.1. The molecule has 2 aliphatic rings. The van der Waals surface area contributed by atoms with Gasteiger partial charge in [-0.25, -0.2) is 27.8 Å². The second-order valence-corrected chi connectivity index (χ2v) is 14.5. The first-order chi connectivity index (χ1) is 21.3. The molecule has 0 unspecified atom stereocenters. The Kier molecular flexibility index (Phi) is 9.42. The third-order valence-corrected chi connectivity index (χ3v) is 10.6. The zero-order valence-corrected chi connectivity index (χ0v) is 26.9. The maximum atomic E-state index is 13.8. The fourth-order valence-corrected chi connectivity index (χ4v) is 7.80. The number of thiophene rings is 1. The zero-order chi connectivity index (χ0) is 30.7. The molecule has 6 rings (SSSR count). The Morgan fingerprint density at radius 1 is 1.09 bits per heavy atom. The number of aromatic nitrogens is 4. The largest absolute Gasteiger partial charge is 0.335 e. The monoisotopic (exact) mass is 671 g/mol. The van der Waals surface area contributed by atoms with Gasteiger partial charge in [0.05, 0.1) is 38.7 Å². The van der Waals surface area contributed by atoms with Crippen molar-refractivity contribution in [2.75, 3.05) is 13.1 Å². The molecule has 14 heteroatoms. The summed E-state index contributed by atoms with van der Waals surface area (Å²) >= 11 is 14.3. The highest BCUT2D eigenvalue weighted by Gasteiger charge is 2.29. The summed E-state index contributed by atoms with van der Waals surface area (Å²) in [6.07, 6.45) is 10.2. The molecule has 4 heterocycles. The molecule has 10 nitrogen and oxygen atoms in total. The van der Waals surface area contributed by atoms with Gasteiger partial charge in [0.2, 0.25) is 0 Å². The first-order valence-corrected chi connectivity index (χ1v) is 17.6. The molecular weight excluding hydrogens is 641 g/mol. The number of halogens is 2. The van der Waals surface area contributed by atoms with Crippen LogP contribution in [0.15, 0.2) is 47.9 Å². The van der Waals surface area contributed by atoms with Crippen LogP contribution in [0.25, 0.3) is 16.3 Å². The molecule has 1 aliphatic heterocycles. The standard InChI is InChI=1S/C30H31Cl2N7O3S2/c31-21-9-12-25(24(32)16-21)39-29(26-13-11-22(43-26)10-8-20-6-2-3-7-20)23(17-35-44(41,42)27-18-33-19-34-27)28(36-39)30(40)37-38-14-4-1-5-15-38/h9,11-13,16,18-20,35H,1-7,14-15,17H2,(H,33,34)(H,37,40). The lowest BCUT2D eigenvalue weighted by Crippen LogP contribution is -2.45. The number of carbonyl (C=O) groups excluding carboxylic acids is 1. The molecule has 1 aliphatic carbocycles. The molecule has 1 aromatic carbocycles. The number of rotatable bonds is 8. The van der Waals surface area contributed by atoms with Gasteiger partial charge in [0.1, 0.15) is 0 Å². The van der Waals surface area contributed by atoms with E-state index < -0.39 is 15.9 Å². The van der Waals surface area contributed by atoms with Crippen molar-refractivity contribution in [1.82, 2.24) is 34.9 Å². The van der Waals surface area contributed by atoms with Crippen molar-refractivity contribution in [2.45, 2.75) is 56.5 Å². The number of carbonyl (C=O) groups is 1. The summed E-state index contributed by atoms with van der Waals surface area (Å²) in [7, 11) is -3.98. The maximum absolute atomic E-state index is 13.8. The Morgan fingerprint density at radius 3 is 2.61 bits per heavy atom. The number of hydrogen-bond donors (Lipinski definition) is 3. The van der Waals surface area contributed by atoms with Gasteiger partial charge in [-0.05, 0) is 56.0 Å². The van der Waals surface area contributed by atoms with Gasteiger partial charge in [-0.1, -0.05) is 54.3 Å². The minimum atomic E-state index is -3.98. The molecule has 0 radical (unpaired) electrons. The molecule has 230 valence electrons. The van der Waals surface area contributed by atoms with Crippen molar-refractivity contribution in [3.8, 4) is 28.1 Å². The van der Waals surface area contributed by atoms with Gasteiger partial charge in [-0.15, -0.1) is 11.3 Å². The average molecular weight is 673 g/mol. The van der Waals surface area contributed by atoms with E-state index in [4.69, 9.17) is 28.3 Å². The fraction of sp³-hybridized carbons (Fsp3) is 0.367. The number of aromatic amines is 1. The van der Waals surface area contributed by atoms with E-state index in [1.807, 2.05) is 17.1 Å². The van der Waals surface area contributed by atoms with Crippen LogP contribution in [0.5, 0.6) is 0 Å². The van der Waals surface area contributed by atoms with Crippen molar-refractivity contribution < 1.29 is 13.2 Å². The Hall–Kier alpha value is -3.18. The van der Waals surface area contributed by atoms with Crippen LogP contribution in [0.4, 0.5) is 0 Å². The summed E-state index contributed by atoms with van der Waals surface area (Å²) in [6, 6.07) is 8.87. The van der Waals surface area contributed by atoms with Gasteiger partial charge in [0, 0.05) is 36.1 Å². The molecule has 1 amide bonds. The molecular formula is C30H31Cl2N7O3S2. The van der Waals surface area contributed by atoms with Gasteiger partial charge in [-0.2, -0.15) is 5.10 Å². The van der Waals surface area contributed by atoms with E-state index in [1.54, 1.807) is 22.9 Å². The lowest BCUT2D eigenvalue weighted by atomic mass is 10.1. The average Bonchev–Trinajstić information content (AvgIpc) is 3.83. The zero-order valence-electron chi connectivity index (χ0n) is 23.8. The molecule has 2 fully saturated rings. The predicted octanol–water partition coefficient (Wildman–Crippen LogP) is 5.78. The number of benzene rings is 1. The SMILES string of the molecule is O=C(NN1CCCCC1)c1nn(-c2ccc(Cl)cc2Cl)c(-c2ccc(C#CC3CCCC3)s2)c1CNS(=O)(=O)c1cnc[nH]1. The summed E-state index contributed by atoms with van der Waals surface area (Å²) in [5.41, 5.74) is 4.48. The smallest absolute Gasteiger partial charge is 0.286 e. The lowest BCUT2D eigenvalue weighted by molar-refractivity contribution is 0.0743. The van der Waals surface area contributed by atoms with Crippen LogP contribution in [-0.2, 0) is 16.6 Å². The number of hydrazine groups is 1. The Bertz CT molecular complexity index is 1810. The molecule has 44 heavy (non-hydrogen) atoms. The van der Waals surface area contributed by atoms with E-state index in [-0.39, 0.29) is 17.3 Å². The second kappa shape index (κ2) is 13.4. The lowest BCUT2D eigenvalue weighted by Gasteiger charge is -2.26. The predicted molar refractivity (Wildman–Crippen MR) is 171 cm³/mol. The van der Waals surface area contributed by atoms with Gasteiger partial charge >= 0.3 is 0 Å². The van der Waals surface area contributed by atoms with Crippen LogP contribution in [0, 0.1) is 17.8 Å². The number of hydrogen-bond acceptors (Lipinski definition) is 7. The van der Waals surface area contributed by atoms with Crippen molar-refractivity contribution in [2.24, 2.45) is 5.92 Å². The Morgan fingerprint density at radius 2 is 1.89 bits per heavy atom. The second-order valence-electron chi connectivity index (χ2n) is 10.8. The van der Waals surface area contributed by atoms with Gasteiger partial charge in [0.15, 0.2) is 10.7 Å². The van der Waals surface area contributed by atoms with Crippen LogP contribution in [0.3, 0.4) is 0 Å². The third-order valence-electron chi connectivity index (χ3n) is 7.75. The number of amides is 1. The van der Waals surface area contributed by atoms with Gasteiger partial charge < -0.3 is 4.98 Å². The minimum Gasteiger partial charge on any atom is -0.335 e. The number of piperidine rings is 1. The number of H-pyrrole nitrogens is 1. The minimum absolute atomic E-state index is 0.0795. The van der Waals surface area contributed by atoms with E-state index in [2.05, 4.69) is 32.0 Å². The highest BCUT2D eigenvalue weighted by molar-refractivity contribution is 7.89. The number of imidazole rings is 1. The Labute approximate surface area is 270 Å². The molecule has 3 aromatic heterocycles. The van der Waals surface area contributed by atoms with Crippen molar-refractivity contribution in [3.05, 3.63) is 69.0 Å². The third kappa shape index (κ3) is 6.88. The molecule has 0 spiro atoms. The van der Waals surface area contributed by atoms with E-state index >= 15 is 0 Å². The summed E-state index contributed by atoms with van der Waals surface area (Å²) in [4.78, 5) is 21.9. The van der Waals surface area contributed by atoms with Gasteiger partial charge in [0.25, 0.3) is 15.9 Å².